The zero-order valence-electron chi connectivity index (χ0n) is 22.6. The second-order valence-electron chi connectivity index (χ2n) is 10.3. The first-order chi connectivity index (χ1) is 18.1. The molecule has 0 saturated heterocycles. The molecule has 196 valence electrons. The molecular weight excluding hydrogens is 478 g/mol. The van der Waals surface area contributed by atoms with Gasteiger partial charge < -0.3 is 20.6 Å². The van der Waals surface area contributed by atoms with Gasteiger partial charge in [-0.1, -0.05) is 18.6 Å². The van der Waals surface area contributed by atoms with Crippen molar-refractivity contribution in [1.82, 2.24) is 20.2 Å². The summed E-state index contributed by atoms with van der Waals surface area (Å²) in [5.74, 6) is -0.168. The number of aryl methyl sites for hydroxylation is 1. The van der Waals surface area contributed by atoms with Crippen molar-refractivity contribution in [3.05, 3.63) is 73.5 Å². The zero-order chi connectivity index (χ0) is 27.3. The van der Waals surface area contributed by atoms with Crippen LogP contribution in [0.1, 0.15) is 37.0 Å². The van der Waals surface area contributed by atoms with Crippen LogP contribution >= 0.6 is 0 Å². The maximum Gasteiger partial charge on any atom is 0.217 e. The number of fused-ring (bicyclic) bond motifs is 4. The van der Waals surface area contributed by atoms with Crippen molar-refractivity contribution in [2.45, 2.75) is 46.8 Å². The fourth-order valence-corrected chi connectivity index (χ4v) is 5.26. The van der Waals surface area contributed by atoms with Crippen LogP contribution in [0, 0.1) is 13.8 Å². The molecule has 0 aliphatic carbocycles. The molecular formula is C30H33N5O3. The van der Waals surface area contributed by atoms with Crippen LogP contribution in [-0.2, 0) is 11.3 Å². The first kappa shape index (κ1) is 25.5. The first-order valence-electron chi connectivity index (χ1n) is 12.8. The second kappa shape index (κ2) is 9.61. The number of amides is 1. The standard InChI is InChI=1S/C30H33N5O3/c1-7-27(35(5)6)34-23-13-26-28(21(16(23)3)14-31-17(4)36)30(38)20-12-24-19(11-25(20)33-26)29(37)18-10-15(2)8-9-22(18)32-24/h8-13,27,34H,7,14H2,1-6H3,(H,31,36)(H,32,37)(H,33,38). The van der Waals surface area contributed by atoms with Crippen LogP contribution in [0.15, 0.2) is 46.0 Å². The van der Waals surface area contributed by atoms with Gasteiger partial charge in [0, 0.05) is 40.8 Å². The van der Waals surface area contributed by atoms with Crippen LogP contribution < -0.4 is 21.5 Å². The molecule has 0 radical (unpaired) electrons. The van der Waals surface area contributed by atoms with Gasteiger partial charge >= 0.3 is 0 Å². The van der Waals surface area contributed by atoms with Gasteiger partial charge in [-0.05, 0) is 75.8 Å². The van der Waals surface area contributed by atoms with Crippen LogP contribution in [-0.4, -0.2) is 41.0 Å². The van der Waals surface area contributed by atoms with E-state index in [1.807, 2.05) is 52.2 Å². The summed E-state index contributed by atoms with van der Waals surface area (Å²) in [7, 11) is 4.03. The number of carbonyl (C=O) groups excluding carboxylic acids is 1. The normalized spacial score (nSPS) is 12.6. The molecule has 1 unspecified atom stereocenters. The summed E-state index contributed by atoms with van der Waals surface area (Å²) in [6, 6.07) is 11.2. The molecule has 3 aromatic carbocycles. The molecule has 0 bridgehead atoms. The number of pyridine rings is 2. The molecule has 38 heavy (non-hydrogen) atoms. The van der Waals surface area contributed by atoms with Gasteiger partial charge in [0.2, 0.25) is 5.91 Å². The molecule has 0 fully saturated rings. The van der Waals surface area contributed by atoms with E-state index in [1.54, 1.807) is 12.1 Å². The van der Waals surface area contributed by atoms with Crippen LogP contribution in [0.2, 0.25) is 0 Å². The minimum Gasteiger partial charge on any atom is -0.369 e. The Hall–Kier alpha value is -4.17. The monoisotopic (exact) mass is 511 g/mol. The number of benzene rings is 3. The molecule has 0 spiro atoms. The van der Waals surface area contributed by atoms with E-state index in [0.717, 1.165) is 34.3 Å². The Kier molecular flexibility index (Phi) is 6.44. The summed E-state index contributed by atoms with van der Waals surface area (Å²) in [5.41, 5.74) is 5.93. The van der Waals surface area contributed by atoms with Gasteiger partial charge in [-0.15, -0.1) is 0 Å². The highest BCUT2D eigenvalue weighted by Crippen LogP contribution is 2.30. The highest BCUT2D eigenvalue weighted by Gasteiger charge is 2.19. The number of carbonyl (C=O) groups is 1. The number of hydrogen-bond acceptors (Lipinski definition) is 5. The highest BCUT2D eigenvalue weighted by molar-refractivity contribution is 6.04. The van der Waals surface area contributed by atoms with E-state index >= 15 is 0 Å². The van der Waals surface area contributed by atoms with Crippen LogP contribution in [0.3, 0.4) is 0 Å². The molecule has 0 aliphatic rings. The Balaban J connectivity index is 1.83. The van der Waals surface area contributed by atoms with E-state index in [2.05, 4.69) is 32.4 Å². The predicted molar refractivity (Wildman–Crippen MR) is 156 cm³/mol. The van der Waals surface area contributed by atoms with Gasteiger partial charge in [0.15, 0.2) is 10.9 Å². The number of rotatable bonds is 6. The number of H-pyrrole nitrogens is 2. The van der Waals surface area contributed by atoms with Crippen molar-refractivity contribution in [3.8, 4) is 0 Å². The molecule has 5 aromatic rings. The lowest BCUT2D eigenvalue weighted by Crippen LogP contribution is -2.35. The van der Waals surface area contributed by atoms with Crippen molar-refractivity contribution in [2.24, 2.45) is 0 Å². The Morgan fingerprint density at radius 2 is 1.53 bits per heavy atom. The lowest BCUT2D eigenvalue weighted by atomic mass is 9.97. The highest BCUT2D eigenvalue weighted by atomic mass is 16.1. The third-order valence-electron chi connectivity index (χ3n) is 7.40. The summed E-state index contributed by atoms with van der Waals surface area (Å²) in [4.78, 5) is 48.0. The van der Waals surface area contributed by atoms with Crippen molar-refractivity contribution in [2.75, 3.05) is 19.4 Å². The fourth-order valence-electron chi connectivity index (χ4n) is 5.26. The Morgan fingerprint density at radius 1 is 0.895 bits per heavy atom. The summed E-state index contributed by atoms with van der Waals surface area (Å²) in [6.45, 7) is 7.73. The third-order valence-corrected chi connectivity index (χ3v) is 7.40. The smallest absolute Gasteiger partial charge is 0.217 e. The molecule has 2 aromatic heterocycles. The maximum atomic E-state index is 14.0. The lowest BCUT2D eigenvalue weighted by Gasteiger charge is -2.27. The van der Waals surface area contributed by atoms with E-state index in [0.29, 0.717) is 38.1 Å². The largest absolute Gasteiger partial charge is 0.369 e. The molecule has 8 nitrogen and oxygen atoms in total. The lowest BCUT2D eigenvalue weighted by molar-refractivity contribution is -0.119. The van der Waals surface area contributed by atoms with Gasteiger partial charge in [-0.2, -0.15) is 0 Å². The number of anilines is 1. The molecule has 4 N–H and O–H groups in total. The van der Waals surface area contributed by atoms with Crippen molar-refractivity contribution in [3.63, 3.8) is 0 Å². The molecule has 1 amide bonds. The summed E-state index contributed by atoms with van der Waals surface area (Å²) < 4.78 is 0. The van der Waals surface area contributed by atoms with E-state index in [1.165, 1.54) is 6.92 Å². The summed E-state index contributed by atoms with van der Waals surface area (Å²) in [5, 5.41) is 8.61. The van der Waals surface area contributed by atoms with Gasteiger partial charge in [0.25, 0.3) is 0 Å². The minimum absolute atomic E-state index is 0.0744. The molecule has 5 rings (SSSR count). The van der Waals surface area contributed by atoms with Crippen LogP contribution in [0.4, 0.5) is 5.69 Å². The van der Waals surface area contributed by atoms with E-state index in [9.17, 15) is 14.4 Å². The average Bonchev–Trinajstić information content (AvgIpc) is 2.87. The van der Waals surface area contributed by atoms with Gasteiger partial charge in [-0.3, -0.25) is 19.3 Å². The Morgan fingerprint density at radius 3 is 2.16 bits per heavy atom. The number of aromatic amines is 2. The summed E-state index contributed by atoms with van der Waals surface area (Å²) in [6.07, 6.45) is 0.966. The maximum absolute atomic E-state index is 14.0. The fraction of sp³-hybridized carbons (Fsp3) is 0.300. The molecule has 2 heterocycles. The molecule has 0 aliphatic heterocycles. The second-order valence-corrected chi connectivity index (χ2v) is 10.3. The van der Waals surface area contributed by atoms with Crippen molar-refractivity contribution < 1.29 is 4.79 Å². The number of nitrogens with zero attached hydrogens (tertiary/aromatic N) is 1. The quantitative estimate of drug-likeness (QED) is 0.196. The predicted octanol–water partition coefficient (Wildman–Crippen LogP) is 4.64. The SMILES string of the molecule is CCC(Nc1cc2[nH]c3cc4c(=O)c5cc(C)ccc5[nH]c4cc3c(=O)c2c(CNC(C)=O)c1C)N(C)C. The van der Waals surface area contributed by atoms with Gasteiger partial charge in [0.05, 0.1) is 28.1 Å². The topological polar surface area (TPSA) is 110 Å². The van der Waals surface area contributed by atoms with Gasteiger partial charge in [0.1, 0.15) is 0 Å². The average molecular weight is 512 g/mol. The van der Waals surface area contributed by atoms with Crippen molar-refractivity contribution in [1.29, 1.82) is 0 Å². The van der Waals surface area contributed by atoms with E-state index in [-0.39, 0.29) is 29.5 Å². The Labute approximate surface area is 220 Å². The van der Waals surface area contributed by atoms with Gasteiger partial charge in [-0.25, -0.2) is 0 Å². The molecule has 1 atom stereocenters. The van der Waals surface area contributed by atoms with E-state index < -0.39 is 0 Å². The molecule has 0 saturated carbocycles. The number of hydrogen-bond donors (Lipinski definition) is 4. The van der Waals surface area contributed by atoms with Crippen molar-refractivity contribution >= 4 is 55.2 Å². The zero-order valence-corrected chi connectivity index (χ0v) is 22.6. The minimum atomic E-state index is -0.168. The Bertz CT molecular complexity index is 1870. The number of aromatic nitrogens is 2. The third kappa shape index (κ3) is 4.31. The van der Waals surface area contributed by atoms with Crippen LogP contribution in [0.25, 0.3) is 43.6 Å². The molecule has 8 heteroatoms. The van der Waals surface area contributed by atoms with E-state index in [4.69, 9.17) is 0 Å². The summed E-state index contributed by atoms with van der Waals surface area (Å²) >= 11 is 0. The first-order valence-corrected chi connectivity index (χ1v) is 12.8. The van der Waals surface area contributed by atoms with Crippen LogP contribution in [0.5, 0.6) is 0 Å². The number of nitrogens with one attached hydrogen (secondary N) is 4.